The topological polar surface area (TPSA) is 24.9 Å². The second-order valence-corrected chi connectivity index (χ2v) is 6.31. The molecule has 0 aromatic carbocycles. The number of nitrogens with zero attached hydrogens (tertiary/aromatic N) is 1. The number of hydrogen-bond donors (Lipinski definition) is 1. The summed E-state index contributed by atoms with van der Waals surface area (Å²) in [6, 6.07) is 0.864. The van der Waals surface area contributed by atoms with Gasteiger partial charge >= 0.3 is 0 Å². The van der Waals surface area contributed by atoms with Crippen molar-refractivity contribution in [3.05, 3.63) is 16.1 Å². The van der Waals surface area contributed by atoms with Crippen molar-refractivity contribution in [1.82, 2.24) is 10.3 Å². The van der Waals surface area contributed by atoms with Crippen LogP contribution in [-0.2, 0) is 6.42 Å². The lowest BCUT2D eigenvalue weighted by Gasteiger charge is -2.36. The van der Waals surface area contributed by atoms with E-state index < -0.39 is 0 Å². The van der Waals surface area contributed by atoms with Crippen LogP contribution in [0.2, 0.25) is 0 Å². The highest BCUT2D eigenvalue weighted by atomic mass is 32.1. The molecular formula is C13H20N2S. The minimum absolute atomic E-state index is 0.864. The summed E-state index contributed by atoms with van der Waals surface area (Å²) in [6.07, 6.45) is 6.87. The summed E-state index contributed by atoms with van der Waals surface area (Å²) in [5.41, 5.74) is 1.19. The first-order chi connectivity index (χ1) is 7.81. The maximum Gasteiger partial charge on any atom is 0.0930 e. The van der Waals surface area contributed by atoms with Crippen LogP contribution in [0.25, 0.3) is 0 Å². The lowest BCUT2D eigenvalue weighted by atomic mass is 9.72. The van der Waals surface area contributed by atoms with E-state index in [9.17, 15) is 0 Å². The van der Waals surface area contributed by atoms with Crippen LogP contribution < -0.4 is 5.32 Å². The lowest BCUT2D eigenvalue weighted by molar-refractivity contribution is 0.170. The lowest BCUT2D eigenvalue weighted by Crippen LogP contribution is -2.37. The Morgan fingerprint density at radius 2 is 2.12 bits per heavy atom. The molecule has 1 aromatic heterocycles. The summed E-state index contributed by atoms with van der Waals surface area (Å²) >= 11 is 1.83. The van der Waals surface area contributed by atoms with Gasteiger partial charge in [0.1, 0.15) is 0 Å². The molecule has 1 N–H and O–H groups in total. The molecule has 16 heavy (non-hydrogen) atoms. The van der Waals surface area contributed by atoms with E-state index in [0.29, 0.717) is 0 Å². The summed E-state index contributed by atoms with van der Waals surface area (Å²) in [5, 5.41) is 7.18. The largest absolute Gasteiger partial charge is 0.314 e. The SMILES string of the molecule is Cc1csc(CC2CCC2CNC2CC2)n1. The van der Waals surface area contributed by atoms with Gasteiger partial charge in [-0.15, -0.1) is 11.3 Å². The third kappa shape index (κ3) is 2.46. The maximum atomic E-state index is 4.57. The van der Waals surface area contributed by atoms with Crippen LogP contribution in [0.4, 0.5) is 0 Å². The van der Waals surface area contributed by atoms with Gasteiger partial charge in [0.25, 0.3) is 0 Å². The number of hydrogen-bond acceptors (Lipinski definition) is 3. The summed E-state index contributed by atoms with van der Waals surface area (Å²) in [4.78, 5) is 4.57. The molecule has 0 amide bonds. The molecule has 2 fully saturated rings. The van der Waals surface area contributed by atoms with Gasteiger partial charge in [0.05, 0.1) is 5.01 Å². The standard InChI is InChI=1S/C13H20N2S/c1-9-8-16-13(15-9)6-10-2-3-11(10)7-14-12-4-5-12/h8,10-12,14H,2-7H2,1H3. The highest BCUT2D eigenvalue weighted by Crippen LogP contribution is 2.37. The maximum absolute atomic E-state index is 4.57. The Hall–Kier alpha value is -0.410. The molecule has 0 radical (unpaired) electrons. The van der Waals surface area contributed by atoms with E-state index in [1.807, 2.05) is 11.3 Å². The highest BCUT2D eigenvalue weighted by molar-refractivity contribution is 7.09. The quantitative estimate of drug-likeness (QED) is 0.850. The Morgan fingerprint density at radius 3 is 2.69 bits per heavy atom. The average Bonchev–Trinajstić information content (AvgIpc) is 2.97. The van der Waals surface area contributed by atoms with Crippen molar-refractivity contribution in [2.75, 3.05) is 6.54 Å². The average molecular weight is 236 g/mol. The Kier molecular flexibility index (Phi) is 2.99. The van der Waals surface area contributed by atoms with E-state index in [0.717, 1.165) is 17.9 Å². The van der Waals surface area contributed by atoms with Crippen molar-refractivity contribution < 1.29 is 0 Å². The third-order valence-corrected chi connectivity index (χ3v) is 4.91. The predicted molar refractivity (Wildman–Crippen MR) is 67.8 cm³/mol. The van der Waals surface area contributed by atoms with Crippen molar-refractivity contribution in [3.8, 4) is 0 Å². The zero-order chi connectivity index (χ0) is 11.0. The van der Waals surface area contributed by atoms with Crippen LogP contribution in [0.15, 0.2) is 5.38 Å². The van der Waals surface area contributed by atoms with Gasteiger partial charge in [-0.3, -0.25) is 0 Å². The fourth-order valence-corrected chi connectivity index (χ4v) is 3.37. The highest BCUT2D eigenvalue weighted by Gasteiger charge is 2.32. The van der Waals surface area contributed by atoms with Gasteiger partial charge in [-0.1, -0.05) is 0 Å². The smallest absolute Gasteiger partial charge is 0.0930 e. The summed E-state index contributed by atoms with van der Waals surface area (Å²) in [7, 11) is 0. The molecular weight excluding hydrogens is 216 g/mol. The van der Waals surface area contributed by atoms with Crippen LogP contribution in [0.3, 0.4) is 0 Å². The molecule has 2 saturated carbocycles. The Balaban J connectivity index is 1.47. The predicted octanol–water partition coefficient (Wildman–Crippen LogP) is 2.77. The molecule has 2 aliphatic carbocycles. The summed E-state index contributed by atoms with van der Waals surface area (Å²) in [5.74, 6) is 1.82. The molecule has 0 spiro atoms. The van der Waals surface area contributed by atoms with Gasteiger partial charge < -0.3 is 5.32 Å². The molecule has 2 nitrogen and oxygen atoms in total. The van der Waals surface area contributed by atoms with Crippen LogP contribution >= 0.6 is 11.3 Å². The van der Waals surface area contributed by atoms with Crippen LogP contribution in [-0.4, -0.2) is 17.6 Å². The summed E-state index contributed by atoms with van der Waals surface area (Å²) < 4.78 is 0. The normalized spacial score (nSPS) is 29.1. The summed E-state index contributed by atoms with van der Waals surface area (Å²) in [6.45, 7) is 3.34. The molecule has 1 heterocycles. The van der Waals surface area contributed by atoms with Gasteiger partial charge in [0.2, 0.25) is 0 Å². The fraction of sp³-hybridized carbons (Fsp3) is 0.769. The molecule has 2 aliphatic rings. The van der Waals surface area contributed by atoms with Crippen molar-refractivity contribution in [2.45, 2.75) is 45.1 Å². The molecule has 2 unspecified atom stereocenters. The molecule has 0 bridgehead atoms. The molecule has 0 aliphatic heterocycles. The molecule has 88 valence electrons. The first kappa shape index (κ1) is 10.7. The van der Waals surface area contributed by atoms with Crippen LogP contribution in [0.5, 0.6) is 0 Å². The molecule has 1 aromatic rings. The van der Waals surface area contributed by atoms with Crippen molar-refractivity contribution in [1.29, 1.82) is 0 Å². The van der Waals surface area contributed by atoms with E-state index in [4.69, 9.17) is 0 Å². The van der Waals surface area contributed by atoms with E-state index >= 15 is 0 Å². The van der Waals surface area contributed by atoms with Crippen molar-refractivity contribution in [3.63, 3.8) is 0 Å². The van der Waals surface area contributed by atoms with Crippen molar-refractivity contribution in [2.24, 2.45) is 11.8 Å². The Bertz CT molecular complexity index is 357. The van der Waals surface area contributed by atoms with Gasteiger partial charge in [0, 0.05) is 23.5 Å². The number of aryl methyl sites for hydroxylation is 1. The number of thiazole rings is 1. The second kappa shape index (κ2) is 4.46. The third-order valence-electron chi connectivity index (χ3n) is 3.92. The first-order valence-electron chi connectivity index (χ1n) is 6.45. The zero-order valence-corrected chi connectivity index (χ0v) is 10.7. The Morgan fingerprint density at radius 1 is 1.31 bits per heavy atom. The molecule has 3 rings (SSSR count). The van der Waals surface area contributed by atoms with E-state index in [2.05, 4.69) is 22.6 Å². The minimum atomic E-state index is 0.864. The van der Waals surface area contributed by atoms with Crippen molar-refractivity contribution >= 4 is 11.3 Å². The number of nitrogens with one attached hydrogen (secondary N) is 1. The minimum Gasteiger partial charge on any atom is -0.314 e. The van der Waals surface area contributed by atoms with E-state index in [-0.39, 0.29) is 0 Å². The van der Waals surface area contributed by atoms with E-state index in [1.165, 1.54) is 49.4 Å². The van der Waals surface area contributed by atoms with E-state index in [1.54, 1.807) is 0 Å². The first-order valence-corrected chi connectivity index (χ1v) is 7.33. The molecule has 3 heteroatoms. The Labute approximate surface area is 101 Å². The number of rotatable bonds is 5. The van der Waals surface area contributed by atoms with Gasteiger partial charge in [-0.25, -0.2) is 4.98 Å². The van der Waals surface area contributed by atoms with Gasteiger partial charge in [-0.05, 0) is 51.0 Å². The molecule has 0 saturated heterocycles. The monoisotopic (exact) mass is 236 g/mol. The zero-order valence-electron chi connectivity index (χ0n) is 9.91. The second-order valence-electron chi connectivity index (χ2n) is 5.37. The van der Waals surface area contributed by atoms with Crippen LogP contribution in [0.1, 0.15) is 36.4 Å². The van der Waals surface area contributed by atoms with Gasteiger partial charge in [-0.2, -0.15) is 0 Å². The van der Waals surface area contributed by atoms with Crippen LogP contribution in [0, 0.1) is 18.8 Å². The fourth-order valence-electron chi connectivity index (χ4n) is 2.50. The van der Waals surface area contributed by atoms with Gasteiger partial charge in [0.15, 0.2) is 0 Å². The number of aromatic nitrogens is 1. The molecule has 2 atom stereocenters.